The van der Waals surface area contributed by atoms with Crippen LogP contribution >= 0.6 is 35.0 Å². The lowest BCUT2D eigenvalue weighted by molar-refractivity contribution is 0.286. The average Bonchev–Trinajstić information content (AvgIpc) is 2.16. The number of rotatable bonds is 8. The minimum atomic E-state index is 0.151. The third-order valence-electron chi connectivity index (χ3n) is 1.63. The van der Waals surface area contributed by atoms with Crippen molar-refractivity contribution in [3.63, 3.8) is 0 Å². The van der Waals surface area contributed by atoms with Gasteiger partial charge in [0.25, 0.3) is 0 Å². The summed E-state index contributed by atoms with van der Waals surface area (Å²) in [6, 6.07) is 0. The lowest BCUT2D eigenvalue weighted by Gasteiger charge is -2.18. The Hall–Kier alpha value is 0.850. The molecule has 2 N–H and O–H groups in total. The van der Waals surface area contributed by atoms with Crippen molar-refractivity contribution in [3.05, 3.63) is 0 Å². The Morgan fingerprint density at radius 3 is 1.54 bits per heavy atom. The van der Waals surface area contributed by atoms with Gasteiger partial charge in [0.05, 0.1) is 0 Å². The second-order valence-electron chi connectivity index (χ2n) is 2.71. The largest absolute Gasteiger partial charge is 0.396 e. The van der Waals surface area contributed by atoms with Gasteiger partial charge in [-0.25, -0.2) is 0 Å². The maximum Gasteiger partial charge on any atom is 0.0442 e. The second-order valence-corrected chi connectivity index (χ2v) is 4.94. The summed E-state index contributed by atoms with van der Waals surface area (Å²) >= 11 is 13.1. The number of hydrogen-bond donors (Lipinski definition) is 2. The standard InChI is InChI=1S/C8H16Cl2O2S/c9-5-7(1-3-11)13-8(6-10)2-4-12/h7-8,11-12H,1-6H2. The normalized spacial score (nSPS) is 15.7. The molecule has 0 aliphatic rings. The summed E-state index contributed by atoms with van der Waals surface area (Å²) in [5.41, 5.74) is 0. The fourth-order valence-electron chi connectivity index (χ4n) is 0.923. The van der Waals surface area contributed by atoms with Crippen LogP contribution in [0.4, 0.5) is 0 Å². The summed E-state index contributed by atoms with van der Waals surface area (Å²) in [6.45, 7) is 0.303. The van der Waals surface area contributed by atoms with Crippen LogP contribution in [0.25, 0.3) is 0 Å². The maximum absolute atomic E-state index is 8.73. The molecule has 0 fully saturated rings. The molecule has 2 unspecified atom stereocenters. The van der Waals surface area contributed by atoms with E-state index in [-0.39, 0.29) is 23.7 Å². The van der Waals surface area contributed by atoms with E-state index in [4.69, 9.17) is 33.4 Å². The Labute approximate surface area is 93.6 Å². The Balaban J connectivity index is 3.73. The average molecular weight is 247 g/mol. The van der Waals surface area contributed by atoms with Crippen LogP contribution in [0.15, 0.2) is 0 Å². The second kappa shape index (κ2) is 9.41. The van der Waals surface area contributed by atoms with Crippen molar-refractivity contribution in [2.45, 2.75) is 23.3 Å². The highest BCUT2D eigenvalue weighted by Crippen LogP contribution is 2.24. The molecule has 80 valence electrons. The zero-order valence-corrected chi connectivity index (χ0v) is 9.78. The van der Waals surface area contributed by atoms with E-state index in [0.29, 0.717) is 24.6 Å². The molecule has 0 radical (unpaired) electrons. The molecule has 0 saturated carbocycles. The fraction of sp³-hybridized carbons (Fsp3) is 1.00. The highest BCUT2D eigenvalue weighted by molar-refractivity contribution is 8.00. The predicted octanol–water partition coefficient (Wildman–Crippen LogP) is 1.70. The van der Waals surface area contributed by atoms with Gasteiger partial charge < -0.3 is 10.2 Å². The van der Waals surface area contributed by atoms with Gasteiger partial charge in [0.2, 0.25) is 0 Å². The minimum absolute atomic E-state index is 0.151. The summed E-state index contributed by atoms with van der Waals surface area (Å²) in [5, 5.41) is 17.9. The highest BCUT2D eigenvalue weighted by atomic mass is 35.5. The number of aliphatic hydroxyl groups excluding tert-OH is 2. The van der Waals surface area contributed by atoms with Crippen LogP contribution in [-0.4, -0.2) is 45.7 Å². The lowest BCUT2D eigenvalue weighted by atomic mass is 10.3. The maximum atomic E-state index is 8.73. The van der Waals surface area contributed by atoms with Gasteiger partial charge in [-0.05, 0) is 12.8 Å². The molecule has 0 aromatic carbocycles. The molecule has 0 aliphatic heterocycles. The molecule has 0 rings (SSSR count). The number of alkyl halides is 2. The van der Waals surface area contributed by atoms with E-state index in [1.165, 1.54) is 0 Å². The molecular formula is C8H16Cl2O2S. The molecule has 13 heavy (non-hydrogen) atoms. The number of aliphatic hydroxyl groups is 2. The fourth-order valence-corrected chi connectivity index (χ4v) is 2.84. The molecule has 0 aliphatic carbocycles. The van der Waals surface area contributed by atoms with Gasteiger partial charge in [-0.3, -0.25) is 0 Å². The molecule has 0 saturated heterocycles. The van der Waals surface area contributed by atoms with E-state index in [9.17, 15) is 0 Å². The van der Waals surface area contributed by atoms with E-state index >= 15 is 0 Å². The van der Waals surface area contributed by atoms with Crippen LogP contribution in [0.3, 0.4) is 0 Å². The topological polar surface area (TPSA) is 40.5 Å². The summed E-state index contributed by atoms with van der Waals surface area (Å²) in [5.74, 6) is 1.04. The zero-order valence-electron chi connectivity index (χ0n) is 7.46. The van der Waals surface area contributed by atoms with Crippen LogP contribution in [0.2, 0.25) is 0 Å². The first kappa shape index (κ1) is 13.8. The van der Waals surface area contributed by atoms with E-state index < -0.39 is 0 Å². The van der Waals surface area contributed by atoms with Crippen molar-refractivity contribution in [2.75, 3.05) is 25.0 Å². The molecule has 0 aromatic heterocycles. The van der Waals surface area contributed by atoms with Gasteiger partial charge in [0.1, 0.15) is 0 Å². The monoisotopic (exact) mass is 246 g/mol. The summed E-state index contributed by atoms with van der Waals surface area (Å²) in [6.07, 6.45) is 1.37. The van der Waals surface area contributed by atoms with Crippen molar-refractivity contribution < 1.29 is 10.2 Å². The van der Waals surface area contributed by atoms with Crippen LogP contribution in [0.5, 0.6) is 0 Å². The van der Waals surface area contributed by atoms with Gasteiger partial charge in [0, 0.05) is 35.5 Å². The van der Waals surface area contributed by atoms with Gasteiger partial charge in [-0.2, -0.15) is 11.8 Å². The molecule has 0 bridgehead atoms. The number of halogens is 2. The lowest BCUT2D eigenvalue weighted by Crippen LogP contribution is -2.16. The quantitative estimate of drug-likeness (QED) is 0.641. The van der Waals surface area contributed by atoms with Crippen LogP contribution < -0.4 is 0 Å². The Morgan fingerprint density at radius 2 is 1.31 bits per heavy atom. The van der Waals surface area contributed by atoms with Gasteiger partial charge in [-0.15, -0.1) is 23.2 Å². The highest BCUT2D eigenvalue weighted by Gasteiger charge is 2.14. The Bertz CT molecular complexity index is 104. The van der Waals surface area contributed by atoms with E-state index in [0.717, 1.165) is 0 Å². The first-order chi connectivity index (χ1) is 6.28. The van der Waals surface area contributed by atoms with E-state index in [2.05, 4.69) is 0 Å². The molecule has 0 aromatic rings. The molecule has 0 spiro atoms. The third-order valence-corrected chi connectivity index (χ3v) is 4.32. The molecule has 0 heterocycles. The summed E-state index contributed by atoms with van der Waals surface area (Å²) in [7, 11) is 0. The van der Waals surface area contributed by atoms with E-state index in [1.807, 2.05) is 0 Å². The number of hydrogen-bond acceptors (Lipinski definition) is 3. The smallest absolute Gasteiger partial charge is 0.0442 e. The van der Waals surface area contributed by atoms with Gasteiger partial charge in [-0.1, -0.05) is 0 Å². The molecular weight excluding hydrogens is 231 g/mol. The summed E-state index contributed by atoms with van der Waals surface area (Å²) < 4.78 is 0. The van der Waals surface area contributed by atoms with Crippen molar-refractivity contribution in [3.8, 4) is 0 Å². The van der Waals surface area contributed by atoms with Crippen LogP contribution in [0.1, 0.15) is 12.8 Å². The third kappa shape index (κ3) is 6.86. The van der Waals surface area contributed by atoms with Gasteiger partial charge in [0.15, 0.2) is 0 Å². The van der Waals surface area contributed by atoms with Crippen molar-refractivity contribution in [2.24, 2.45) is 0 Å². The molecule has 2 atom stereocenters. The van der Waals surface area contributed by atoms with Crippen molar-refractivity contribution in [1.29, 1.82) is 0 Å². The van der Waals surface area contributed by atoms with Crippen molar-refractivity contribution in [1.82, 2.24) is 0 Å². The van der Waals surface area contributed by atoms with E-state index in [1.54, 1.807) is 11.8 Å². The summed E-state index contributed by atoms with van der Waals surface area (Å²) in [4.78, 5) is 0. The van der Waals surface area contributed by atoms with Crippen LogP contribution in [0, 0.1) is 0 Å². The number of thioether (sulfide) groups is 1. The van der Waals surface area contributed by atoms with Gasteiger partial charge >= 0.3 is 0 Å². The minimum Gasteiger partial charge on any atom is -0.396 e. The molecule has 0 amide bonds. The van der Waals surface area contributed by atoms with Crippen LogP contribution in [-0.2, 0) is 0 Å². The van der Waals surface area contributed by atoms with Crippen molar-refractivity contribution >= 4 is 35.0 Å². The Morgan fingerprint density at radius 1 is 0.923 bits per heavy atom. The first-order valence-electron chi connectivity index (χ1n) is 4.27. The Kier molecular flexibility index (Phi) is 10.0. The predicted molar refractivity (Wildman–Crippen MR) is 60.0 cm³/mol. The molecule has 5 heteroatoms. The first-order valence-corrected chi connectivity index (χ1v) is 6.28. The SMILES string of the molecule is OCCC(CCl)SC(CCl)CCO. The molecule has 2 nitrogen and oxygen atoms in total. The zero-order chi connectivity index (χ0) is 10.1.